The zero-order valence-electron chi connectivity index (χ0n) is 12.5. The number of likely N-dealkylation sites (tertiary alicyclic amines) is 1. The summed E-state index contributed by atoms with van der Waals surface area (Å²) in [6, 6.07) is 2.96. The molecule has 0 spiro atoms. The van der Waals surface area contributed by atoms with E-state index >= 15 is 0 Å². The maximum atomic E-state index is 12.0. The number of anilines is 1. The van der Waals surface area contributed by atoms with Gasteiger partial charge in [-0.25, -0.2) is 18.1 Å². The van der Waals surface area contributed by atoms with Crippen molar-refractivity contribution in [1.29, 1.82) is 0 Å². The van der Waals surface area contributed by atoms with Crippen LogP contribution < -0.4 is 10.5 Å². The molecule has 21 heavy (non-hydrogen) atoms. The zero-order chi connectivity index (χ0) is 15.3. The minimum absolute atomic E-state index is 0.156. The number of nitrogen functional groups attached to an aromatic ring is 1. The van der Waals surface area contributed by atoms with E-state index in [1.54, 1.807) is 0 Å². The van der Waals surface area contributed by atoms with Crippen molar-refractivity contribution < 1.29 is 8.42 Å². The molecule has 1 aliphatic rings. The highest BCUT2D eigenvalue weighted by atomic mass is 32.2. The molecule has 1 aliphatic heterocycles. The highest BCUT2D eigenvalue weighted by Crippen LogP contribution is 2.15. The summed E-state index contributed by atoms with van der Waals surface area (Å²) in [5.74, 6) is 1.13. The Kier molecular flexibility index (Phi) is 5.55. The average Bonchev–Trinajstić information content (AvgIpc) is 2.46. The Balaban J connectivity index is 1.73. The summed E-state index contributed by atoms with van der Waals surface area (Å²) in [6.45, 7) is 5.91. The maximum Gasteiger partial charge on any atom is 0.242 e. The molecule has 0 aromatic carbocycles. The molecule has 1 aromatic rings. The summed E-state index contributed by atoms with van der Waals surface area (Å²) < 4.78 is 26.7. The van der Waals surface area contributed by atoms with Crippen molar-refractivity contribution in [2.75, 3.05) is 31.9 Å². The lowest BCUT2D eigenvalue weighted by Crippen LogP contribution is -2.35. The molecule has 0 unspecified atom stereocenters. The first-order valence-corrected chi connectivity index (χ1v) is 8.89. The average molecular weight is 312 g/mol. The molecule has 0 saturated carbocycles. The van der Waals surface area contributed by atoms with Crippen LogP contribution in [0.2, 0.25) is 0 Å². The topological polar surface area (TPSA) is 88.3 Å². The Bertz CT molecular complexity index is 537. The van der Waals surface area contributed by atoms with Gasteiger partial charge in [-0.2, -0.15) is 0 Å². The lowest BCUT2D eigenvalue weighted by molar-refractivity contribution is 0.191. The van der Waals surface area contributed by atoms with E-state index in [9.17, 15) is 8.42 Å². The number of aromatic nitrogens is 1. The van der Waals surface area contributed by atoms with Crippen LogP contribution in [-0.2, 0) is 10.0 Å². The van der Waals surface area contributed by atoms with E-state index in [1.165, 1.54) is 31.2 Å². The predicted octanol–water partition coefficient (Wildman–Crippen LogP) is 1.06. The van der Waals surface area contributed by atoms with Crippen molar-refractivity contribution in [3.63, 3.8) is 0 Å². The predicted molar refractivity (Wildman–Crippen MR) is 83.3 cm³/mol. The Morgan fingerprint density at radius 2 is 2.10 bits per heavy atom. The van der Waals surface area contributed by atoms with Gasteiger partial charge in [0, 0.05) is 12.7 Å². The van der Waals surface area contributed by atoms with Gasteiger partial charge in [-0.1, -0.05) is 6.92 Å². The fraction of sp³-hybridized carbons (Fsp3) is 0.643. The third kappa shape index (κ3) is 4.94. The Morgan fingerprint density at radius 3 is 2.71 bits per heavy atom. The van der Waals surface area contributed by atoms with Gasteiger partial charge >= 0.3 is 0 Å². The second kappa shape index (κ2) is 7.20. The second-order valence-electron chi connectivity index (χ2n) is 5.69. The number of rotatable bonds is 6. The van der Waals surface area contributed by atoms with Gasteiger partial charge in [0.15, 0.2) is 0 Å². The number of nitrogens with two attached hydrogens (primary N) is 1. The van der Waals surface area contributed by atoms with Gasteiger partial charge in [0.05, 0.1) is 0 Å². The minimum atomic E-state index is -3.48. The van der Waals surface area contributed by atoms with E-state index in [-0.39, 0.29) is 4.90 Å². The summed E-state index contributed by atoms with van der Waals surface area (Å²) >= 11 is 0. The molecule has 0 amide bonds. The van der Waals surface area contributed by atoms with Gasteiger partial charge in [-0.15, -0.1) is 0 Å². The molecular weight excluding hydrogens is 288 g/mol. The molecule has 2 heterocycles. The van der Waals surface area contributed by atoms with E-state index in [0.717, 1.165) is 32.0 Å². The van der Waals surface area contributed by atoms with Gasteiger partial charge in [-0.05, 0) is 56.9 Å². The number of sulfonamides is 1. The molecule has 0 aliphatic carbocycles. The van der Waals surface area contributed by atoms with Crippen LogP contribution in [0.3, 0.4) is 0 Å². The van der Waals surface area contributed by atoms with Gasteiger partial charge < -0.3 is 10.6 Å². The van der Waals surface area contributed by atoms with E-state index in [2.05, 4.69) is 21.5 Å². The standard InChI is InChI=1S/C14H24N4O2S/c1-12-5-9-18(10-6-12)8-2-7-17-21(19,20)13-3-4-14(15)16-11-13/h3-4,11-12,17H,2,5-10H2,1H3,(H2,15,16). The van der Waals surface area contributed by atoms with Gasteiger partial charge in [0.1, 0.15) is 10.7 Å². The first-order valence-electron chi connectivity index (χ1n) is 7.41. The van der Waals surface area contributed by atoms with Crippen LogP contribution in [0.5, 0.6) is 0 Å². The molecule has 1 aromatic heterocycles. The fourth-order valence-electron chi connectivity index (χ4n) is 2.43. The van der Waals surface area contributed by atoms with Crippen molar-refractivity contribution >= 4 is 15.8 Å². The maximum absolute atomic E-state index is 12.0. The number of hydrogen-bond acceptors (Lipinski definition) is 5. The Morgan fingerprint density at radius 1 is 1.38 bits per heavy atom. The van der Waals surface area contributed by atoms with E-state index in [1.807, 2.05) is 0 Å². The summed E-state index contributed by atoms with van der Waals surface area (Å²) in [4.78, 5) is 6.36. The molecule has 2 rings (SSSR count). The largest absolute Gasteiger partial charge is 0.384 e. The van der Waals surface area contributed by atoms with Crippen LogP contribution >= 0.6 is 0 Å². The number of nitrogens with one attached hydrogen (secondary N) is 1. The number of piperidine rings is 1. The van der Waals surface area contributed by atoms with Crippen LogP contribution in [0.15, 0.2) is 23.2 Å². The molecular formula is C14H24N4O2S. The van der Waals surface area contributed by atoms with Crippen LogP contribution in [0, 0.1) is 5.92 Å². The molecule has 0 atom stereocenters. The molecule has 118 valence electrons. The van der Waals surface area contributed by atoms with Crippen molar-refractivity contribution in [2.24, 2.45) is 5.92 Å². The van der Waals surface area contributed by atoms with Crippen LogP contribution in [0.4, 0.5) is 5.82 Å². The van der Waals surface area contributed by atoms with Crippen LogP contribution in [0.25, 0.3) is 0 Å². The molecule has 0 bridgehead atoms. The van der Waals surface area contributed by atoms with E-state index < -0.39 is 10.0 Å². The van der Waals surface area contributed by atoms with E-state index in [4.69, 9.17) is 5.73 Å². The number of hydrogen-bond donors (Lipinski definition) is 2. The quantitative estimate of drug-likeness (QED) is 0.767. The first-order chi connectivity index (χ1) is 9.97. The van der Waals surface area contributed by atoms with Gasteiger partial charge in [0.25, 0.3) is 0 Å². The Labute approximate surface area is 126 Å². The van der Waals surface area contributed by atoms with E-state index in [0.29, 0.717) is 12.4 Å². The van der Waals surface area contributed by atoms with Crippen molar-refractivity contribution in [3.8, 4) is 0 Å². The summed E-state index contributed by atoms with van der Waals surface area (Å²) in [5.41, 5.74) is 5.45. The van der Waals surface area contributed by atoms with Crippen LogP contribution in [0.1, 0.15) is 26.2 Å². The van der Waals surface area contributed by atoms with Crippen molar-refractivity contribution in [3.05, 3.63) is 18.3 Å². The lowest BCUT2D eigenvalue weighted by atomic mass is 9.99. The summed E-state index contributed by atoms with van der Waals surface area (Å²) in [7, 11) is -3.48. The smallest absolute Gasteiger partial charge is 0.242 e. The monoisotopic (exact) mass is 312 g/mol. The molecule has 0 radical (unpaired) electrons. The third-order valence-corrected chi connectivity index (χ3v) is 5.34. The molecule has 7 heteroatoms. The van der Waals surface area contributed by atoms with Crippen LogP contribution in [-0.4, -0.2) is 44.5 Å². The third-order valence-electron chi connectivity index (χ3n) is 3.89. The van der Waals surface area contributed by atoms with Crippen molar-refractivity contribution in [1.82, 2.24) is 14.6 Å². The Hall–Kier alpha value is -1.18. The van der Waals surface area contributed by atoms with Gasteiger partial charge in [0.2, 0.25) is 10.0 Å². The normalized spacial score (nSPS) is 18.0. The summed E-state index contributed by atoms with van der Waals surface area (Å²) in [5, 5.41) is 0. The minimum Gasteiger partial charge on any atom is -0.384 e. The SMILES string of the molecule is CC1CCN(CCCNS(=O)(=O)c2ccc(N)nc2)CC1. The molecule has 3 N–H and O–H groups in total. The summed E-state index contributed by atoms with van der Waals surface area (Å²) in [6.07, 6.45) is 4.57. The highest BCUT2D eigenvalue weighted by Gasteiger charge is 2.16. The fourth-order valence-corrected chi connectivity index (χ4v) is 3.45. The zero-order valence-corrected chi connectivity index (χ0v) is 13.3. The first kappa shape index (κ1) is 16.2. The lowest BCUT2D eigenvalue weighted by Gasteiger charge is -2.30. The molecule has 6 nitrogen and oxygen atoms in total. The number of pyridine rings is 1. The van der Waals surface area contributed by atoms with Gasteiger partial charge in [-0.3, -0.25) is 0 Å². The highest BCUT2D eigenvalue weighted by molar-refractivity contribution is 7.89. The molecule has 1 saturated heterocycles. The number of nitrogens with zero attached hydrogens (tertiary/aromatic N) is 2. The van der Waals surface area contributed by atoms with Crippen molar-refractivity contribution in [2.45, 2.75) is 31.1 Å². The molecule has 1 fully saturated rings. The second-order valence-corrected chi connectivity index (χ2v) is 7.46.